The van der Waals surface area contributed by atoms with E-state index < -0.39 is 0 Å². The molecule has 1 nitrogen and oxygen atoms in total. The summed E-state index contributed by atoms with van der Waals surface area (Å²) in [6.45, 7) is 2.28. The van der Waals surface area contributed by atoms with E-state index in [2.05, 4.69) is 25.1 Å². The number of ether oxygens (including phenoxy) is 1. The molecule has 1 aromatic rings. The lowest BCUT2D eigenvalue weighted by Gasteiger charge is -2.06. The van der Waals surface area contributed by atoms with Crippen LogP contribution in [0.15, 0.2) is 18.2 Å². The maximum atomic E-state index is 5.19. The first-order chi connectivity index (χ1) is 5.81. The average Bonchev–Trinajstić information content (AvgIpc) is 2.47. The molecule has 0 saturated heterocycles. The first-order valence-electron chi connectivity index (χ1n) is 4.48. The van der Waals surface area contributed by atoms with Gasteiger partial charge < -0.3 is 4.74 Å². The third-order valence-electron chi connectivity index (χ3n) is 2.73. The highest BCUT2D eigenvalue weighted by molar-refractivity contribution is 5.40. The lowest BCUT2D eigenvalue weighted by atomic mass is 10.0. The zero-order valence-corrected chi connectivity index (χ0v) is 7.63. The normalized spacial score (nSPS) is 20.7. The summed E-state index contributed by atoms with van der Waals surface area (Å²) in [7, 11) is 1.72. The van der Waals surface area contributed by atoms with E-state index in [1.54, 1.807) is 7.11 Å². The van der Waals surface area contributed by atoms with Crippen molar-refractivity contribution in [3.05, 3.63) is 29.3 Å². The van der Waals surface area contributed by atoms with E-state index in [0.717, 1.165) is 11.7 Å². The zero-order chi connectivity index (χ0) is 8.55. The van der Waals surface area contributed by atoms with Crippen molar-refractivity contribution in [2.75, 3.05) is 7.11 Å². The van der Waals surface area contributed by atoms with Gasteiger partial charge in [-0.15, -0.1) is 0 Å². The van der Waals surface area contributed by atoms with Gasteiger partial charge in [-0.3, -0.25) is 0 Å². The van der Waals surface area contributed by atoms with E-state index >= 15 is 0 Å². The third kappa shape index (κ3) is 1.09. The van der Waals surface area contributed by atoms with Crippen LogP contribution in [0.25, 0.3) is 0 Å². The van der Waals surface area contributed by atoms with Gasteiger partial charge in [0.05, 0.1) is 7.11 Å². The summed E-state index contributed by atoms with van der Waals surface area (Å²) >= 11 is 0. The van der Waals surface area contributed by atoms with Crippen LogP contribution in [0.3, 0.4) is 0 Å². The minimum atomic E-state index is 0.718. The molecule has 0 heterocycles. The van der Waals surface area contributed by atoms with Crippen molar-refractivity contribution >= 4 is 0 Å². The van der Waals surface area contributed by atoms with Gasteiger partial charge in [-0.2, -0.15) is 0 Å². The van der Waals surface area contributed by atoms with Crippen molar-refractivity contribution in [1.29, 1.82) is 0 Å². The van der Waals surface area contributed by atoms with Gasteiger partial charge in [0.1, 0.15) is 5.75 Å². The van der Waals surface area contributed by atoms with Crippen LogP contribution in [-0.4, -0.2) is 7.11 Å². The summed E-state index contributed by atoms with van der Waals surface area (Å²) in [5.74, 6) is 1.71. The van der Waals surface area contributed by atoms with Crippen molar-refractivity contribution in [2.24, 2.45) is 0 Å². The molecular formula is C11H14O. The molecule has 0 aromatic heterocycles. The number of fused-ring (bicyclic) bond motifs is 1. The molecule has 0 radical (unpaired) electrons. The molecule has 0 fully saturated rings. The van der Waals surface area contributed by atoms with Crippen LogP contribution in [0.5, 0.6) is 5.75 Å². The fourth-order valence-corrected chi connectivity index (χ4v) is 1.91. The second-order valence-corrected chi connectivity index (χ2v) is 3.50. The molecular weight excluding hydrogens is 148 g/mol. The molecule has 1 aromatic carbocycles. The summed E-state index contributed by atoms with van der Waals surface area (Å²) in [6, 6.07) is 6.42. The Bertz CT molecular complexity index is 291. The van der Waals surface area contributed by atoms with E-state index in [0.29, 0.717) is 0 Å². The number of rotatable bonds is 1. The largest absolute Gasteiger partial charge is 0.497 e. The molecule has 0 saturated carbocycles. The topological polar surface area (TPSA) is 9.23 Å². The van der Waals surface area contributed by atoms with Crippen LogP contribution in [0.2, 0.25) is 0 Å². The second-order valence-electron chi connectivity index (χ2n) is 3.50. The van der Waals surface area contributed by atoms with Crippen molar-refractivity contribution in [3.63, 3.8) is 0 Å². The van der Waals surface area contributed by atoms with E-state index in [-0.39, 0.29) is 0 Å². The minimum absolute atomic E-state index is 0.718. The van der Waals surface area contributed by atoms with Gasteiger partial charge in [0.15, 0.2) is 0 Å². The summed E-state index contributed by atoms with van der Waals surface area (Å²) in [5.41, 5.74) is 2.98. The quantitative estimate of drug-likeness (QED) is 0.617. The highest BCUT2D eigenvalue weighted by Crippen LogP contribution is 2.34. The van der Waals surface area contributed by atoms with Gasteiger partial charge in [-0.25, -0.2) is 0 Å². The van der Waals surface area contributed by atoms with Crippen LogP contribution in [-0.2, 0) is 6.42 Å². The Kier molecular flexibility index (Phi) is 1.80. The van der Waals surface area contributed by atoms with Gasteiger partial charge in [-0.1, -0.05) is 13.0 Å². The Morgan fingerprint density at radius 3 is 3.00 bits per heavy atom. The van der Waals surface area contributed by atoms with Crippen molar-refractivity contribution in [2.45, 2.75) is 25.7 Å². The first kappa shape index (κ1) is 7.66. The molecule has 0 aliphatic heterocycles. The number of hydrogen-bond acceptors (Lipinski definition) is 1. The first-order valence-corrected chi connectivity index (χ1v) is 4.48. The summed E-state index contributed by atoms with van der Waals surface area (Å²) < 4.78 is 5.19. The number of benzene rings is 1. The Hall–Kier alpha value is -0.980. The lowest BCUT2D eigenvalue weighted by molar-refractivity contribution is 0.414. The van der Waals surface area contributed by atoms with E-state index in [1.807, 2.05) is 0 Å². The van der Waals surface area contributed by atoms with E-state index in [1.165, 1.54) is 24.0 Å². The summed E-state index contributed by atoms with van der Waals surface area (Å²) in [4.78, 5) is 0. The number of hydrogen-bond donors (Lipinski definition) is 0. The highest BCUT2D eigenvalue weighted by Gasteiger charge is 2.18. The molecule has 12 heavy (non-hydrogen) atoms. The summed E-state index contributed by atoms with van der Waals surface area (Å²) in [5, 5.41) is 0. The maximum absolute atomic E-state index is 5.19. The molecule has 64 valence electrons. The average molecular weight is 162 g/mol. The Labute approximate surface area is 73.4 Å². The van der Waals surface area contributed by atoms with Crippen LogP contribution < -0.4 is 4.74 Å². The molecule has 1 aliphatic rings. The lowest BCUT2D eigenvalue weighted by Crippen LogP contribution is -1.89. The maximum Gasteiger partial charge on any atom is 0.119 e. The van der Waals surface area contributed by atoms with Gasteiger partial charge in [0, 0.05) is 0 Å². The smallest absolute Gasteiger partial charge is 0.119 e. The SMILES string of the molecule is COc1ccc2c(c1)[C@H](C)CC2. The molecule has 1 heteroatoms. The van der Waals surface area contributed by atoms with Crippen LogP contribution in [0.1, 0.15) is 30.4 Å². The second kappa shape index (κ2) is 2.81. The Balaban J connectivity index is 2.43. The van der Waals surface area contributed by atoms with E-state index in [9.17, 15) is 0 Å². The minimum Gasteiger partial charge on any atom is -0.497 e. The highest BCUT2D eigenvalue weighted by atomic mass is 16.5. The van der Waals surface area contributed by atoms with Gasteiger partial charge in [0.25, 0.3) is 0 Å². The molecule has 0 unspecified atom stereocenters. The van der Waals surface area contributed by atoms with Crippen LogP contribution >= 0.6 is 0 Å². The van der Waals surface area contributed by atoms with Gasteiger partial charge in [-0.05, 0) is 42.0 Å². The van der Waals surface area contributed by atoms with Gasteiger partial charge in [0.2, 0.25) is 0 Å². The fourth-order valence-electron chi connectivity index (χ4n) is 1.91. The van der Waals surface area contributed by atoms with Crippen molar-refractivity contribution in [1.82, 2.24) is 0 Å². The predicted molar refractivity (Wildman–Crippen MR) is 49.7 cm³/mol. The molecule has 0 bridgehead atoms. The standard InChI is InChI=1S/C11H14O/c1-8-3-4-9-5-6-10(12-2)7-11(8)9/h5-8H,3-4H2,1-2H3/t8-/m1/s1. The van der Waals surface area contributed by atoms with Crippen molar-refractivity contribution in [3.8, 4) is 5.75 Å². The molecule has 1 atom stereocenters. The zero-order valence-electron chi connectivity index (χ0n) is 7.63. The van der Waals surface area contributed by atoms with Crippen LogP contribution in [0.4, 0.5) is 0 Å². The fraction of sp³-hybridized carbons (Fsp3) is 0.455. The Morgan fingerprint density at radius 2 is 2.25 bits per heavy atom. The van der Waals surface area contributed by atoms with E-state index in [4.69, 9.17) is 4.74 Å². The van der Waals surface area contributed by atoms with Crippen molar-refractivity contribution < 1.29 is 4.74 Å². The van der Waals surface area contributed by atoms with Crippen LogP contribution in [0, 0.1) is 0 Å². The molecule has 0 amide bonds. The monoisotopic (exact) mass is 162 g/mol. The number of methoxy groups -OCH3 is 1. The predicted octanol–water partition coefficient (Wildman–Crippen LogP) is 2.74. The Morgan fingerprint density at radius 1 is 1.42 bits per heavy atom. The third-order valence-corrected chi connectivity index (χ3v) is 2.73. The van der Waals surface area contributed by atoms with Gasteiger partial charge >= 0.3 is 0 Å². The molecule has 0 N–H and O–H groups in total. The summed E-state index contributed by atoms with van der Waals surface area (Å²) in [6.07, 6.45) is 2.53. The molecule has 2 rings (SSSR count). The molecule has 1 aliphatic carbocycles. The number of aryl methyl sites for hydroxylation is 1. The molecule has 0 spiro atoms.